The van der Waals surface area contributed by atoms with E-state index in [0.29, 0.717) is 12.6 Å². The van der Waals surface area contributed by atoms with Crippen LogP contribution in [0.5, 0.6) is 0 Å². The Morgan fingerprint density at radius 2 is 2.00 bits per heavy atom. The van der Waals surface area contributed by atoms with Crippen LogP contribution in [-0.4, -0.2) is 18.5 Å². The maximum atomic E-state index is 11.7. The molecule has 0 spiro atoms. The minimum atomic E-state index is -0.131. The molecule has 102 valence electrons. The average Bonchev–Trinajstić information content (AvgIpc) is 2.80. The van der Waals surface area contributed by atoms with E-state index in [4.69, 9.17) is 4.42 Å². The van der Waals surface area contributed by atoms with Crippen molar-refractivity contribution in [2.24, 2.45) is 0 Å². The number of nitrogens with one attached hydrogen (secondary N) is 2. The maximum Gasteiger partial charge on any atom is 0.234 e. The zero-order valence-corrected chi connectivity index (χ0v) is 11.6. The highest BCUT2D eigenvalue weighted by molar-refractivity contribution is 5.80. The zero-order chi connectivity index (χ0) is 13.8. The summed E-state index contributed by atoms with van der Waals surface area (Å²) in [5.41, 5.74) is 0.846. The zero-order valence-electron chi connectivity index (χ0n) is 11.6. The second-order valence-corrected chi connectivity index (χ2v) is 5.01. The predicted molar refractivity (Wildman–Crippen MR) is 75.9 cm³/mol. The van der Waals surface area contributed by atoms with Gasteiger partial charge in [0.05, 0.1) is 12.6 Å². The minimum Gasteiger partial charge on any atom is -0.459 e. The first kappa shape index (κ1) is 13.6. The molecule has 4 heteroatoms. The summed E-state index contributed by atoms with van der Waals surface area (Å²) >= 11 is 0. The van der Waals surface area contributed by atoms with Crippen LogP contribution in [-0.2, 0) is 4.79 Å². The molecule has 0 bridgehead atoms. The van der Waals surface area contributed by atoms with Crippen molar-refractivity contribution < 1.29 is 9.21 Å². The SMILES string of the molecule is CC(C)NCC(=O)NC(C)c1cc2ccccc2o1. The Labute approximate surface area is 113 Å². The Morgan fingerprint density at radius 1 is 1.26 bits per heavy atom. The predicted octanol–water partition coefficient (Wildman–Crippen LogP) is 2.61. The topological polar surface area (TPSA) is 54.3 Å². The van der Waals surface area contributed by atoms with Crippen molar-refractivity contribution in [3.63, 3.8) is 0 Å². The maximum absolute atomic E-state index is 11.7. The Bertz CT molecular complexity index is 527. The second kappa shape index (κ2) is 5.89. The van der Waals surface area contributed by atoms with Crippen molar-refractivity contribution in [3.8, 4) is 0 Å². The molecule has 1 aromatic carbocycles. The lowest BCUT2D eigenvalue weighted by Crippen LogP contribution is -2.37. The van der Waals surface area contributed by atoms with E-state index in [1.807, 2.05) is 51.1 Å². The molecule has 2 aromatic rings. The smallest absolute Gasteiger partial charge is 0.234 e. The number of amides is 1. The fourth-order valence-corrected chi connectivity index (χ4v) is 1.88. The molecule has 0 aliphatic rings. The molecular formula is C15H20N2O2. The number of hydrogen-bond donors (Lipinski definition) is 2. The van der Waals surface area contributed by atoms with Gasteiger partial charge < -0.3 is 15.1 Å². The van der Waals surface area contributed by atoms with Crippen LogP contribution in [0.4, 0.5) is 0 Å². The highest BCUT2D eigenvalue weighted by atomic mass is 16.3. The van der Waals surface area contributed by atoms with E-state index < -0.39 is 0 Å². The summed E-state index contributed by atoms with van der Waals surface area (Å²) < 4.78 is 5.72. The van der Waals surface area contributed by atoms with Gasteiger partial charge in [0.1, 0.15) is 11.3 Å². The van der Waals surface area contributed by atoms with Gasteiger partial charge in [-0.1, -0.05) is 32.0 Å². The minimum absolute atomic E-state index is 0.0262. The number of hydrogen-bond acceptors (Lipinski definition) is 3. The molecule has 4 nitrogen and oxygen atoms in total. The first-order valence-corrected chi connectivity index (χ1v) is 6.57. The molecule has 2 rings (SSSR count). The van der Waals surface area contributed by atoms with Crippen LogP contribution in [0.3, 0.4) is 0 Å². The fraction of sp³-hybridized carbons (Fsp3) is 0.400. The summed E-state index contributed by atoms with van der Waals surface area (Å²) in [7, 11) is 0. The molecule has 0 fully saturated rings. The van der Waals surface area contributed by atoms with Crippen molar-refractivity contribution in [1.29, 1.82) is 0 Å². The van der Waals surface area contributed by atoms with Gasteiger partial charge >= 0.3 is 0 Å². The van der Waals surface area contributed by atoms with Crippen LogP contribution in [0.2, 0.25) is 0 Å². The largest absolute Gasteiger partial charge is 0.459 e. The first-order valence-electron chi connectivity index (χ1n) is 6.57. The summed E-state index contributed by atoms with van der Waals surface area (Å²) in [6.07, 6.45) is 0. The number of fused-ring (bicyclic) bond motifs is 1. The molecule has 0 aliphatic heterocycles. The van der Waals surface area contributed by atoms with Crippen molar-refractivity contribution in [3.05, 3.63) is 36.1 Å². The van der Waals surface area contributed by atoms with Gasteiger partial charge in [-0.2, -0.15) is 0 Å². The molecule has 1 amide bonds. The van der Waals surface area contributed by atoms with E-state index in [2.05, 4.69) is 10.6 Å². The standard InChI is InChI=1S/C15H20N2O2/c1-10(2)16-9-15(18)17-11(3)14-8-12-6-4-5-7-13(12)19-14/h4-8,10-11,16H,9H2,1-3H3,(H,17,18). The number of rotatable bonds is 5. The van der Waals surface area contributed by atoms with Gasteiger partial charge in [-0.05, 0) is 19.1 Å². The normalized spacial score (nSPS) is 12.8. The number of carbonyl (C=O) groups is 1. The van der Waals surface area contributed by atoms with Gasteiger partial charge in [-0.25, -0.2) is 0 Å². The molecule has 0 radical (unpaired) electrons. The molecular weight excluding hydrogens is 240 g/mol. The molecule has 1 aromatic heterocycles. The van der Waals surface area contributed by atoms with Crippen LogP contribution < -0.4 is 10.6 Å². The van der Waals surface area contributed by atoms with Crippen molar-refractivity contribution in [1.82, 2.24) is 10.6 Å². The van der Waals surface area contributed by atoms with E-state index in [1.54, 1.807) is 0 Å². The third-order valence-electron chi connectivity index (χ3n) is 2.92. The third kappa shape index (κ3) is 3.58. The summed E-state index contributed by atoms with van der Waals surface area (Å²) in [4.78, 5) is 11.7. The van der Waals surface area contributed by atoms with Crippen molar-refractivity contribution >= 4 is 16.9 Å². The number of furan rings is 1. The third-order valence-corrected chi connectivity index (χ3v) is 2.92. The van der Waals surface area contributed by atoms with Gasteiger partial charge in [0.15, 0.2) is 0 Å². The summed E-state index contributed by atoms with van der Waals surface area (Å²) in [5.74, 6) is 0.751. The number of carbonyl (C=O) groups excluding carboxylic acids is 1. The van der Waals surface area contributed by atoms with E-state index in [9.17, 15) is 4.79 Å². The van der Waals surface area contributed by atoms with Crippen LogP contribution in [0.25, 0.3) is 11.0 Å². The lowest BCUT2D eigenvalue weighted by Gasteiger charge is -2.13. The monoisotopic (exact) mass is 260 g/mol. The van der Waals surface area contributed by atoms with E-state index >= 15 is 0 Å². The number of benzene rings is 1. The van der Waals surface area contributed by atoms with Crippen LogP contribution >= 0.6 is 0 Å². The van der Waals surface area contributed by atoms with Gasteiger partial charge in [0.2, 0.25) is 5.91 Å². The molecule has 0 saturated heterocycles. The number of para-hydroxylation sites is 1. The summed E-state index contributed by atoms with van der Waals surface area (Å²) in [5, 5.41) is 7.06. The molecule has 1 atom stereocenters. The van der Waals surface area contributed by atoms with Gasteiger partial charge in [-0.3, -0.25) is 4.79 Å². The second-order valence-electron chi connectivity index (χ2n) is 5.01. The van der Waals surface area contributed by atoms with Crippen LogP contribution in [0, 0.1) is 0 Å². The summed E-state index contributed by atoms with van der Waals surface area (Å²) in [6.45, 7) is 6.26. The Morgan fingerprint density at radius 3 is 2.68 bits per heavy atom. The molecule has 1 heterocycles. The molecule has 2 N–H and O–H groups in total. The van der Waals surface area contributed by atoms with Gasteiger partial charge in [-0.15, -0.1) is 0 Å². The Hall–Kier alpha value is -1.81. The van der Waals surface area contributed by atoms with Gasteiger partial charge in [0.25, 0.3) is 0 Å². The molecule has 19 heavy (non-hydrogen) atoms. The molecule has 1 unspecified atom stereocenters. The van der Waals surface area contributed by atoms with E-state index in [1.165, 1.54) is 0 Å². The van der Waals surface area contributed by atoms with Crippen molar-refractivity contribution in [2.45, 2.75) is 32.9 Å². The van der Waals surface area contributed by atoms with E-state index in [-0.39, 0.29) is 11.9 Å². The lowest BCUT2D eigenvalue weighted by atomic mass is 10.2. The Balaban J connectivity index is 1.99. The van der Waals surface area contributed by atoms with Crippen molar-refractivity contribution in [2.75, 3.05) is 6.54 Å². The highest BCUT2D eigenvalue weighted by Gasteiger charge is 2.13. The van der Waals surface area contributed by atoms with Gasteiger partial charge in [0, 0.05) is 11.4 Å². The summed E-state index contributed by atoms with van der Waals surface area (Å²) in [6, 6.07) is 9.96. The Kier molecular flexibility index (Phi) is 4.22. The highest BCUT2D eigenvalue weighted by Crippen LogP contribution is 2.23. The van der Waals surface area contributed by atoms with Crippen LogP contribution in [0.1, 0.15) is 32.6 Å². The molecule has 0 saturated carbocycles. The lowest BCUT2D eigenvalue weighted by molar-refractivity contribution is -0.121. The quantitative estimate of drug-likeness (QED) is 0.869. The van der Waals surface area contributed by atoms with Crippen LogP contribution in [0.15, 0.2) is 34.7 Å². The first-order chi connectivity index (χ1) is 9.06. The average molecular weight is 260 g/mol. The molecule has 0 aliphatic carbocycles. The van der Waals surface area contributed by atoms with E-state index in [0.717, 1.165) is 16.7 Å². The fourth-order valence-electron chi connectivity index (χ4n) is 1.88.